The number of hydrogen-bond donors (Lipinski definition) is 2. The number of fused-ring (bicyclic) bond motifs is 1. The molecule has 0 aliphatic heterocycles. The van der Waals surface area contributed by atoms with Gasteiger partial charge in [-0.25, -0.2) is 4.98 Å². The van der Waals surface area contributed by atoms with Crippen LogP contribution < -0.4 is 15.5 Å². The lowest BCUT2D eigenvalue weighted by molar-refractivity contribution is -0.136. The maximum absolute atomic E-state index is 11.1. The first-order valence-corrected chi connectivity index (χ1v) is 12.4. The molecule has 188 valence electrons. The van der Waals surface area contributed by atoms with E-state index in [2.05, 4.69) is 29.4 Å². The Kier molecular flexibility index (Phi) is 9.43. The Labute approximate surface area is 209 Å². The molecule has 0 saturated heterocycles. The third-order valence-corrected chi connectivity index (χ3v) is 6.43. The summed E-state index contributed by atoms with van der Waals surface area (Å²) in [5.41, 5.74) is 2.97. The number of rotatable bonds is 10. The van der Waals surface area contributed by atoms with E-state index in [-0.39, 0.29) is 5.97 Å². The first-order chi connectivity index (χ1) is 16.8. The lowest BCUT2D eigenvalue weighted by Gasteiger charge is -2.29. The lowest BCUT2D eigenvalue weighted by atomic mass is 9.86. The highest BCUT2D eigenvalue weighted by Gasteiger charge is 2.22. The highest BCUT2D eigenvalue weighted by Crippen LogP contribution is 2.28. The summed E-state index contributed by atoms with van der Waals surface area (Å²) in [7, 11) is 4.03. The predicted octanol–water partition coefficient (Wildman–Crippen LogP) is 5.23. The quantitative estimate of drug-likeness (QED) is 0.276. The summed E-state index contributed by atoms with van der Waals surface area (Å²) >= 11 is 0. The van der Waals surface area contributed by atoms with Gasteiger partial charge >= 0.3 is 5.97 Å². The van der Waals surface area contributed by atoms with Gasteiger partial charge < -0.3 is 20.3 Å². The average Bonchev–Trinajstić information content (AvgIpc) is 2.83. The zero-order valence-corrected chi connectivity index (χ0v) is 21.7. The summed E-state index contributed by atoms with van der Waals surface area (Å²) in [6, 6.07) is 8.55. The molecule has 35 heavy (non-hydrogen) atoms. The van der Waals surface area contributed by atoms with Crippen molar-refractivity contribution in [2.75, 3.05) is 37.4 Å². The smallest absolute Gasteiger partial charge is 0.308 e. The van der Waals surface area contributed by atoms with Crippen molar-refractivity contribution < 1.29 is 9.53 Å². The van der Waals surface area contributed by atoms with Gasteiger partial charge in [-0.1, -0.05) is 30.9 Å². The van der Waals surface area contributed by atoms with E-state index < -0.39 is 0 Å². The van der Waals surface area contributed by atoms with Crippen LogP contribution in [0.25, 0.3) is 10.9 Å². The number of para-hydroxylation sites is 1. The molecule has 0 unspecified atom stereocenters. The van der Waals surface area contributed by atoms with E-state index in [0.29, 0.717) is 23.7 Å². The van der Waals surface area contributed by atoms with Gasteiger partial charge in [0.05, 0.1) is 5.52 Å². The number of carbonyl (C=O) groups excluding carboxylic acids is 1. The molecule has 0 atom stereocenters. The largest absolute Gasteiger partial charge is 0.427 e. The van der Waals surface area contributed by atoms with Gasteiger partial charge in [0.2, 0.25) is 5.95 Å². The molecule has 1 aliphatic rings. The number of anilines is 2. The summed E-state index contributed by atoms with van der Waals surface area (Å²) in [5, 5.41) is 8.25. The average molecular weight is 478 g/mol. The third kappa shape index (κ3) is 7.65. The second-order valence-corrected chi connectivity index (χ2v) is 9.48. The van der Waals surface area contributed by atoms with Crippen molar-refractivity contribution in [2.24, 2.45) is 5.92 Å². The van der Waals surface area contributed by atoms with Crippen molar-refractivity contribution >= 4 is 28.6 Å². The van der Waals surface area contributed by atoms with Gasteiger partial charge in [-0.2, -0.15) is 4.98 Å². The Morgan fingerprint density at radius 3 is 2.54 bits per heavy atom. The molecule has 3 rings (SSSR count). The van der Waals surface area contributed by atoms with Crippen LogP contribution in [-0.4, -0.2) is 49.2 Å². The molecule has 1 heterocycles. The van der Waals surface area contributed by atoms with Crippen LogP contribution in [0.3, 0.4) is 0 Å². The number of benzene rings is 1. The molecule has 1 fully saturated rings. The number of nitrogens with zero attached hydrogens (tertiary/aromatic N) is 3. The first-order valence-electron chi connectivity index (χ1n) is 12.4. The van der Waals surface area contributed by atoms with E-state index in [4.69, 9.17) is 14.7 Å². The third-order valence-electron chi connectivity index (χ3n) is 6.43. The van der Waals surface area contributed by atoms with Gasteiger partial charge in [0.25, 0.3) is 0 Å². The minimum absolute atomic E-state index is 0.349. The number of nitrogens with one attached hydrogen (secondary N) is 2. The Balaban J connectivity index is 1.47. The monoisotopic (exact) mass is 477 g/mol. The predicted molar refractivity (Wildman–Crippen MR) is 145 cm³/mol. The van der Waals surface area contributed by atoms with Crippen molar-refractivity contribution in [3.05, 3.63) is 59.9 Å². The number of allylic oxidation sites excluding steroid dienone is 2. The van der Waals surface area contributed by atoms with E-state index in [1.54, 1.807) is 0 Å². The highest BCUT2D eigenvalue weighted by molar-refractivity contribution is 5.90. The van der Waals surface area contributed by atoms with Gasteiger partial charge in [-0.05, 0) is 75.3 Å². The molecular weight excluding hydrogens is 438 g/mol. The molecule has 7 nitrogen and oxygen atoms in total. The van der Waals surface area contributed by atoms with Gasteiger partial charge in [-0.15, -0.1) is 0 Å². The van der Waals surface area contributed by atoms with Crippen LogP contribution >= 0.6 is 0 Å². The number of carbonyl (C=O) groups is 1. The van der Waals surface area contributed by atoms with Crippen molar-refractivity contribution in [1.29, 1.82) is 0 Å². The molecule has 1 aromatic heterocycles. The number of ether oxygens (including phenoxy) is 1. The van der Waals surface area contributed by atoms with E-state index in [9.17, 15) is 4.79 Å². The molecule has 0 radical (unpaired) electrons. The van der Waals surface area contributed by atoms with Crippen LogP contribution in [0.4, 0.5) is 11.8 Å². The van der Waals surface area contributed by atoms with Crippen molar-refractivity contribution in [3.8, 4) is 0 Å². The summed E-state index contributed by atoms with van der Waals surface area (Å²) in [6.45, 7) is 10.9. The van der Waals surface area contributed by atoms with E-state index in [0.717, 1.165) is 53.8 Å². The molecule has 0 spiro atoms. The summed E-state index contributed by atoms with van der Waals surface area (Å²) in [5.74, 6) is 2.36. The van der Waals surface area contributed by atoms with Gasteiger partial charge in [-0.3, -0.25) is 4.79 Å². The Morgan fingerprint density at radius 1 is 1.17 bits per heavy atom. The van der Waals surface area contributed by atoms with Crippen LogP contribution in [0, 0.1) is 5.92 Å². The van der Waals surface area contributed by atoms with Crippen LogP contribution in [-0.2, 0) is 9.53 Å². The summed E-state index contributed by atoms with van der Waals surface area (Å²) < 4.78 is 5.08. The molecule has 1 aliphatic carbocycles. The Bertz CT molecular complexity index is 1100. The van der Waals surface area contributed by atoms with E-state index in [1.807, 2.05) is 57.1 Å². The second kappa shape index (κ2) is 12.5. The fourth-order valence-electron chi connectivity index (χ4n) is 4.43. The van der Waals surface area contributed by atoms with Crippen LogP contribution in [0.5, 0.6) is 0 Å². The zero-order chi connectivity index (χ0) is 25.4. The fraction of sp³-hybridized carbons (Fsp3) is 0.464. The maximum atomic E-state index is 11.1. The van der Waals surface area contributed by atoms with Crippen LogP contribution in [0.15, 0.2) is 59.9 Å². The van der Waals surface area contributed by atoms with Crippen molar-refractivity contribution in [1.82, 2.24) is 15.3 Å². The standard InChI is InChI=1S/C28H39N5O2/c1-7-22(16-19(2)20(3)35-21(4)34)17-29-18-23-12-14-24(15-13-23)30-28-31-26-11-9-8-10-25(26)27(32-28)33(5)6/h7-11,16,23-24,29H,3,12-15,17-18H2,1-2,4-6H3,(H,30,31,32)/b19-16-,22-7+/t23-,24+. The Hall–Kier alpha value is -3.19. The molecular formula is C28H39N5O2. The molecule has 0 amide bonds. The molecule has 7 heteroatoms. The maximum Gasteiger partial charge on any atom is 0.308 e. The normalized spacial score (nSPS) is 18.9. The Morgan fingerprint density at radius 2 is 1.89 bits per heavy atom. The van der Waals surface area contributed by atoms with Crippen molar-refractivity contribution in [2.45, 2.75) is 52.5 Å². The minimum Gasteiger partial charge on any atom is -0.427 e. The number of hydrogen-bond acceptors (Lipinski definition) is 7. The topological polar surface area (TPSA) is 79.4 Å². The second-order valence-electron chi connectivity index (χ2n) is 9.48. The van der Waals surface area contributed by atoms with Crippen molar-refractivity contribution in [3.63, 3.8) is 0 Å². The summed E-state index contributed by atoms with van der Waals surface area (Å²) in [4.78, 5) is 22.7. The van der Waals surface area contributed by atoms with Gasteiger partial charge in [0, 0.05) is 39.0 Å². The highest BCUT2D eigenvalue weighted by atomic mass is 16.5. The number of esters is 1. The lowest BCUT2D eigenvalue weighted by Crippen LogP contribution is -2.32. The minimum atomic E-state index is -0.349. The van der Waals surface area contributed by atoms with Gasteiger partial charge in [0.1, 0.15) is 11.6 Å². The van der Waals surface area contributed by atoms with Crippen LogP contribution in [0.2, 0.25) is 0 Å². The van der Waals surface area contributed by atoms with E-state index >= 15 is 0 Å². The van der Waals surface area contributed by atoms with E-state index in [1.165, 1.54) is 19.8 Å². The molecule has 2 aromatic rings. The summed E-state index contributed by atoms with van der Waals surface area (Å²) in [6.07, 6.45) is 8.65. The SMILES string of the molecule is C=C(OC(C)=O)/C(C)=C\C(=C/C)CNC[C@H]1CC[C@@H](Nc2nc(N(C)C)c3ccccc3n2)CC1. The zero-order valence-electron chi connectivity index (χ0n) is 21.7. The van der Waals surface area contributed by atoms with Crippen LogP contribution in [0.1, 0.15) is 46.5 Å². The van der Waals surface area contributed by atoms with Gasteiger partial charge in [0.15, 0.2) is 0 Å². The molecule has 0 bridgehead atoms. The number of aromatic nitrogens is 2. The fourth-order valence-corrected chi connectivity index (χ4v) is 4.43. The molecule has 1 aromatic carbocycles. The molecule has 1 saturated carbocycles. The first kappa shape index (κ1) is 26.4. The molecule has 2 N–H and O–H groups in total.